The number of hydrogen-bond acceptors (Lipinski definition) is 9. The summed E-state index contributed by atoms with van der Waals surface area (Å²) in [5.74, 6) is -1.57. The maximum Gasteiger partial charge on any atom is 0.451 e. The smallest absolute Gasteiger partial charge is 0.444 e. The Morgan fingerprint density at radius 2 is 1.83 bits per heavy atom. The lowest BCUT2D eigenvalue weighted by atomic mass is 9.88. The molecule has 4 heterocycles. The first-order valence-corrected chi connectivity index (χ1v) is 21.7. The lowest BCUT2D eigenvalue weighted by molar-refractivity contribution is -0.149. The van der Waals surface area contributed by atoms with Crippen LogP contribution in [0.1, 0.15) is 48.3 Å². The van der Waals surface area contributed by atoms with Crippen LogP contribution in [0.2, 0.25) is 30.7 Å². The van der Waals surface area contributed by atoms with Gasteiger partial charge in [0, 0.05) is 64.2 Å². The molecule has 10 nitrogen and oxygen atoms in total. The van der Waals surface area contributed by atoms with Gasteiger partial charge in [0.1, 0.15) is 12.5 Å². The zero-order valence-electron chi connectivity index (χ0n) is 30.5. The summed E-state index contributed by atoms with van der Waals surface area (Å²) in [6, 6.07) is 12.8. The topological polar surface area (TPSA) is 95.8 Å². The minimum absolute atomic E-state index is 0.0245. The molecule has 2 aliphatic heterocycles. The van der Waals surface area contributed by atoms with Gasteiger partial charge >= 0.3 is 6.18 Å². The summed E-state index contributed by atoms with van der Waals surface area (Å²) in [7, 11) is 0.150. The van der Waals surface area contributed by atoms with Gasteiger partial charge in [0.15, 0.2) is 17.3 Å². The third-order valence-corrected chi connectivity index (χ3v) is 11.4. The van der Waals surface area contributed by atoms with Crippen LogP contribution >= 0.6 is 11.6 Å². The first-order valence-electron chi connectivity index (χ1n) is 17.6. The molecule has 0 radical (unpaired) electrons. The Morgan fingerprint density at radius 3 is 2.53 bits per heavy atom. The van der Waals surface area contributed by atoms with E-state index in [2.05, 4.69) is 40.1 Å². The highest BCUT2D eigenvalue weighted by Gasteiger charge is 2.43. The van der Waals surface area contributed by atoms with Crippen molar-refractivity contribution in [3.05, 3.63) is 82.1 Å². The van der Waals surface area contributed by atoms with Gasteiger partial charge in [-0.05, 0) is 68.2 Å². The van der Waals surface area contributed by atoms with Crippen LogP contribution < -0.4 is 14.8 Å². The number of fused-ring (bicyclic) bond motifs is 1. The number of hydrogen-bond donors (Lipinski definition) is 1. The Kier molecular flexibility index (Phi) is 11.7. The number of aromatic nitrogens is 4. The lowest BCUT2D eigenvalue weighted by Crippen LogP contribution is -2.34. The molecule has 286 valence electrons. The molecule has 0 aliphatic carbocycles. The predicted octanol–water partition coefficient (Wildman–Crippen LogP) is 8.55. The van der Waals surface area contributed by atoms with Gasteiger partial charge < -0.3 is 24.3 Å². The van der Waals surface area contributed by atoms with E-state index in [4.69, 9.17) is 35.5 Å². The second kappa shape index (κ2) is 15.9. The molecule has 2 aromatic heterocycles. The van der Waals surface area contributed by atoms with Gasteiger partial charge in [-0.3, -0.25) is 14.5 Å². The fraction of sp³-hybridized carbons (Fsp3) is 0.486. The third kappa shape index (κ3) is 9.14. The van der Waals surface area contributed by atoms with Gasteiger partial charge in [-0.15, -0.1) is 10.2 Å². The summed E-state index contributed by atoms with van der Waals surface area (Å²) >= 11 is 5.99. The summed E-state index contributed by atoms with van der Waals surface area (Å²) in [6.45, 7) is 11.2. The molecule has 16 heteroatoms. The number of para-hydroxylation sites is 1. The highest BCUT2D eigenvalue weighted by molar-refractivity contribution is 6.76. The summed E-state index contributed by atoms with van der Waals surface area (Å²) in [4.78, 5) is 7.03. The number of ether oxygens (including phenoxy) is 4. The van der Waals surface area contributed by atoms with E-state index in [1.165, 1.54) is 12.3 Å². The first-order chi connectivity index (χ1) is 25.1. The monoisotopic (exact) mass is 776 g/mol. The zero-order valence-corrected chi connectivity index (χ0v) is 32.3. The molecule has 0 amide bonds. The average molecular weight is 777 g/mol. The maximum atomic E-state index is 14.9. The zero-order chi connectivity index (χ0) is 38.0. The number of methoxy groups -OCH3 is 1. The van der Waals surface area contributed by atoms with Crippen molar-refractivity contribution in [1.29, 1.82) is 0 Å². The van der Waals surface area contributed by atoms with E-state index in [0.717, 1.165) is 47.8 Å². The number of likely N-dealkylation sites (tertiary alicyclic amines) is 1. The van der Waals surface area contributed by atoms with Crippen molar-refractivity contribution < 1.29 is 36.5 Å². The number of anilines is 1. The molecule has 0 bridgehead atoms. The Morgan fingerprint density at radius 1 is 1.06 bits per heavy atom. The van der Waals surface area contributed by atoms with Crippen LogP contribution in [0.25, 0.3) is 11.4 Å². The Balaban J connectivity index is 1.17. The fourth-order valence-corrected chi connectivity index (χ4v) is 7.53. The van der Waals surface area contributed by atoms with E-state index in [1.54, 1.807) is 32.2 Å². The molecule has 0 saturated carbocycles. The quantitative estimate of drug-likeness (QED) is 0.0768. The Bertz CT molecular complexity index is 1900. The van der Waals surface area contributed by atoms with Crippen molar-refractivity contribution in [2.75, 3.05) is 45.3 Å². The molecule has 53 heavy (non-hydrogen) atoms. The highest BCUT2D eigenvalue weighted by atomic mass is 35.5. The van der Waals surface area contributed by atoms with Crippen molar-refractivity contribution in [3.63, 3.8) is 0 Å². The number of pyridine rings is 1. The number of alkyl halides is 3. The van der Waals surface area contributed by atoms with Gasteiger partial charge in [0.25, 0.3) is 5.79 Å². The second-order valence-electron chi connectivity index (χ2n) is 14.8. The lowest BCUT2D eigenvalue weighted by Gasteiger charge is -2.33. The van der Waals surface area contributed by atoms with Gasteiger partial charge in [0.2, 0.25) is 5.82 Å². The molecule has 1 fully saturated rings. The molecule has 2 aliphatic rings. The largest absolute Gasteiger partial charge is 0.451 e. The van der Waals surface area contributed by atoms with Crippen LogP contribution in [0.4, 0.5) is 23.2 Å². The van der Waals surface area contributed by atoms with Crippen LogP contribution in [0, 0.1) is 5.82 Å². The highest BCUT2D eigenvalue weighted by Crippen LogP contribution is 2.50. The van der Waals surface area contributed by atoms with E-state index in [1.807, 2.05) is 18.2 Å². The van der Waals surface area contributed by atoms with Crippen molar-refractivity contribution >= 4 is 25.4 Å². The van der Waals surface area contributed by atoms with E-state index in [9.17, 15) is 17.6 Å². The molecule has 1 saturated heterocycles. The first kappa shape index (κ1) is 38.9. The van der Waals surface area contributed by atoms with Crippen LogP contribution in [0.3, 0.4) is 0 Å². The average Bonchev–Trinajstić information content (AvgIpc) is 3.69. The summed E-state index contributed by atoms with van der Waals surface area (Å²) < 4.78 is 81.3. The Hall–Kier alpha value is -3.76. The minimum atomic E-state index is -4.71. The molecular weight excluding hydrogens is 732 g/mol. The standard InChI is InChI=1S/C37H45ClF4N6O4Si/c1-36(28-10-9-26(38)20-29(28)39)51-32-8-6-7-27(33(32)52-36)24-11-14-47(15-12-24)22-31-30(43-13-16-49-2)19-25(21-44-31)34-45-46-35(37(40,41)42)48(34)23-50-17-18-53(3,4)5/h6-10,19-21,24,43H,11-18,22-23H2,1-5H3/t36-/m0/s1. The van der Waals surface area contributed by atoms with E-state index in [0.29, 0.717) is 54.1 Å². The van der Waals surface area contributed by atoms with Gasteiger partial charge in [-0.2, -0.15) is 13.2 Å². The van der Waals surface area contributed by atoms with E-state index in [-0.39, 0.29) is 24.0 Å². The van der Waals surface area contributed by atoms with Crippen LogP contribution in [-0.4, -0.2) is 72.7 Å². The van der Waals surface area contributed by atoms with Crippen molar-refractivity contribution in [1.82, 2.24) is 24.6 Å². The third-order valence-electron chi connectivity index (χ3n) is 9.50. The summed E-state index contributed by atoms with van der Waals surface area (Å²) in [6.07, 6.45) is -1.51. The van der Waals surface area contributed by atoms with Gasteiger partial charge in [-0.1, -0.05) is 43.4 Å². The number of nitrogens with one attached hydrogen (secondary N) is 1. The van der Waals surface area contributed by atoms with Crippen molar-refractivity contribution in [2.45, 2.75) is 76.6 Å². The molecule has 6 rings (SSSR count). The summed E-state index contributed by atoms with van der Waals surface area (Å²) in [5, 5.41) is 11.1. The van der Waals surface area contributed by atoms with Gasteiger partial charge in [0.05, 0.1) is 23.6 Å². The number of halogens is 5. The predicted molar refractivity (Wildman–Crippen MR) is 196 cm³/mol. The number of nitrogens with zero attached hydrogens (tertiary/aromatic N) is 5. The molecule has 4 aromatic rings. The SMILES string of the molecule is COCCNc1cc(-c2nnc(C(F)(F)F)n2COCC[Si](C)(C)C)cnc1CN1CCC(c2cccc3c2O[C@@](C)(c2ccc(Cl)cc2F)O3)CC1. The molecule has 0 spiro atoms. The number of rotatable bonds is 14. The molecular formula is C37H45ClF4N6O4Si. The van der Waals surface area contributed by atoms with Crippen LogP contribution in [0.15, 0.2) is 48.7 Å². The fourth-order valence-electron chi connectivity index (χ4n) is 6.62. The van der Waals surface area contributed by atoms with Gasteiger partial charge in [-0.25, -0.2) is 4.39 Å². The summed E-state index contributed by atoms with van der Waals surface area (Å²) in [5.41, 5.74) is 3.07. The van der Waals surface area contributed by atoms with Crippen molar-refractivity contribution in [2.24, 2.45) is 0 Å². The minimum Gasteiger partial charge on any atom is -0.444 e. The number of benzene rings is 2. The second-order valence-corrected chi connectivity index (χ2v) is 20.8. The van der Waals surface area contributed by atoms with Crippen molar-refractivity contribution in [3.8, 4) is 22.9 Å². The maximum absolute atomic E-state index is 14.9. The molecule has 1 N–H and O–H groups in total. The Labute approximate surface area is 312 Å². The molecule has 1 atom stereocenters. The molecule has 0 unspecified atom stereocenters. The van der Waals surface area contributed by atoms with Crippen LogP contribution in [0.5, 0.6) is 11.5 Å². The molecule has 2 aromatic carbocycles. The van der Waals surface area contributed by atoms with Crippen LogP contribution in [-0.2, 0) is 34.7 Å². The van der Waals surface area contributed by atoms with E-state index < -0.39 is 31.7 Å². The van der Waals surface area contributed by atoms with E-state index >= 15 is 0 Å². The normalized spacial score (nSPS) is 18.2. The number of piperidine rings is 1.